The van der Waals surface area contributed by atoms with Crippen molar-refractivity contribution in [1.29, 1.82) is 0 Å². The smallest absolute Gasteiger partial charge is 0.163 e. The van der Waals surface area contributed by atoms with Crippen LogP contribution in [-0.2, 0) is 0 Å². The number of carbonyl (C=O) groups is 1. The van der Waals surface area contributed by atoms with Crippen molar-refractivity contribution in [3.8, 4) is 0 Å². The normalized spacial score (nSPS) is 10.6. The van der Waals surface area contributed by atoms with E-state index >= 15 is 0 Å². The molecule has 0 bridgehead atoms. The van der Waals surface area contributed by atoms with Crippen LogP contribution in [0.1, 0.15) is 62.2 Å². The lowest BCUT2D eigenvalue weighted by atomic mass is 10.1. The first-order chi connectivity index (χ1) is 7.74. The lowest BCUT2D eigenvalue weighted by Crippen LogP contribution is -1.96. The monoisotopic (exact) mass is 302 g/mol. The second-order valence-corrected chi connectivity index (χ2v) is 6.37. The molecule has 0 radical (unpaired) electrons. The van der Waals surface area contributed by atoms with Gasteiger partial charge in [0.25, 0.3) is 0 Å². The summed E-state index contributed by atoms with van der Waals surface area (Å²) in [6.07, 6.45) is 8.12. The Hall–Kier alpha value is -0.150. The molecule has 1 heterocycles. The van der Waals surface area contributed by atoms with Crippen LogP contribution in [0.25, 0.3) is 0 Å². The summed E-state index contributed by atoms with van der Waals surface area (Å²) in [6.45, 7) is 2.22. The maximum absolute atomic E-state index is 11.7. The standard InChI is InChI=1S/C13H19BrOS/c1-2-3-4-5-6-7-8-12(15)11-9-13(14)16-10-11/h9-10H,2-8H2,1H3. The molecule has 3 heteroatoms. The Labute approximate surface area is 110 Å². The molecule has 1 rings (SSSR count). The van der Waals surface area contributed by atoms with Gasteiger partial charge in [-0.05, 0) is 28.4 Å². The lowest BCUT2D eigenvalue weighted by molar-refractivity contribution is 0.0979. The quantitative estimate of drug-likeness (QED) is 0.461. The van der Waals surface area contributed by atoms with Crippen LogP contribution < -0.4 is 0 Å². The molecule has 0 saturated carbocycles. The third kappa shape index (κ3) is 5.26. The summed E-state index contributed by atoms with van der Waals surface area (Å²) in [5, 5.41) is 1.93. The number of halogens is 1. The van der Waals surface area contributed by atoms with Gasteiger partial charge >= 0.3 is 0 Å². The van der Waals surface area contributed by atoms with Crippen molar-refractivity contribution in [1.82, 2.24) is 0 Å². The van der Waals surface area contributed by atoms with Crippen LogP contribution in [0.4, 0.5) is 0 Å². The van der Waals surface area contributed by atoms with Gasteiger partial charge in [0.15, 0.2) is 5.78 Å². The second kappa shape index (κ2) is 8.02. The van der Waals surface area contributed by atoms with E-state index in [4.69, 9.17) is 0 Å². The number of unbranched alkanes of at least 4 members (excludes halogenated alkanes) is 5. The Kier molecular flexibility index (Phi) is 6.97. The summed E-state index contributed by atoms with van der Waals surface area (Å²) in [4.78, 5) is 11.7. The van der Waals surface area contributed by atoms with Gasteiger partial charge < -0.3 is 0 Å². The van der Waals surface area contributed by atoms with Gasteiger partial charge in [-0.15, -0.1) is 11.3 Å². The van der Waals surface area contributed by atoms with E-state index in [1.54, 1.807) is 11.3 Å². The molecule has 0 aliphatic heterocycles. The first-order valence-electron chi connectivity index (χ1n) is 6.01. The number of hydrogen-bond donors (Lipinski definition) is 0. The van der Waals surface area contributed by atoms with Gasteiger partial charge in [0.2, 0.25) is 0 Å². The van der Waals surface area contributed by atoms with E-state index < -0.39 is 0 Å². The minimum atomic E-state index is 0.289. The zero-order valence-electron chi connectivity index (χ0n) is 9.80. The molecule has 1 nitrogen and oxygen atoms in total. The van der Waals surface area contributed by atoms with Crippen molar-refractivity contribution in [3.05, 3.63) is 20.8 Å². The molecule has 0 amide bonds. The number of rotatable bonds is 8. The minimum Gasteiger partial charge on any atom is -0.294 e. The predicted molar refractivity (Wildman–Crippen MR) is 74.3 cm³/mol. The number of ketones is 1. The van der Waals surface area contributed by atoms with Crippen molar-refractivity contribution in [2.45, 2.75) is 51.9 Å². The average molecular weight is 303 g/mol. The Morgan fingerprint density at radius 3 is 2.56 bits per heavy atom. The van der Waals surface area contributed by atoms with Gasteiger partial charge in [-0.3, -0.25) is 4.79 Å². The molecule has 0 spiro atoms. The number of Topliss-reactive ketones (excluding diaryl/α,β-unsaturated/α-hetero) is 1. The Morgan fingerprint density at radius 1 is 1.25 bits per heavy atom. The summed E-state index contributed by atoms with van der Waals surface area (Å²) >= 11 is 4.96. The fourth-order valence-electron chi connectivity index (χ4n) is 1.67. The highest BCUT2D eigenvalue weighted by Crippen LogP contribution is 2.22. The summed E-state index contributed by atoms with van der Waals surface area (Å²) in [5.74, 6) is 0.289. The Morgan fingerprint density at radius 2 is 1.94 bits per heavy atom. The molecule has 16 heavy (non-hydrogen) atoms. The zero-order chi connectivity index (χ0) is 11.8. The number of thiophene rings is 1. The van der Waals surface area contributed by atoms with Gasteiger partial charge in [-0.25, -0.2) is 0 Å². The van der Waals surface area contributed by atoms with Gasteiger partial charge in [0.1, 0.15) is 0 Å². The van der Waals surface area contributed by atoms with Crippen LogP contribution >= 0.6 is 27.3 Å². The van der Waals surface area contributed by atoms with Crippen molar-refractivity contribution in [3.63, 3.8) is 0 Å². The number of carbonyl (C=O) groups excluding carboxylic acids is 1. The van der Waals surface area contributed by atoms with E-state index in [9.17, 15) is 4.79 Å². The molecular weight excluding hydrogens is 284 g/mol. The number of hydrogen-bond acceptors (Lipinski definition) is 2. The first kappa shape index (κ1) is 13.9. The van der Waals surface area contributed by atoms with E-state index in [-0.39, 0.29) is 5.78 Å². The van der Waals surface area contributed by atoms with Crippen molar-refractivity contribution >= 4 is 33.0 Å². The molecule has 1 aromatic rings. The van der Waals surface area contributed by atoms with Crippen LogP contribution in [0.5, 0.6) is 0 Å². The Bertz CT molecular complexity index is 319. The SMILES string of the molecule is CCCCCCCCC(=O)c1csc(Br)c1. The molecule has 0 N–H and O–H groups in total. The van der Waals surface area contributed by atoms with Crippen LogP contribution in [0.2, 0.25) is 0 Å². The highest BCUT2D eigenvalue weighted by Gasteiger charge is 2.07. The van der Waals surface area contributed by atoms with E-state index in [2.05, 4.69) is 22.9 Å². The molecule has 0 aromatic carbocycles. The van der Waals surface area contributed by atoms with Gasteiger partial charge in [0.05, 0.1) is 3.79 Å². The summed E-state index contributed by atoms with van der Waals surface area (Å²) in [6, 6.07) is 1.92. The van der Waals surface area contributed by atoms with Crippen molar-refractivity contribution < 1.29 is 4.79 Å². The first-order valence-corrected chi connectivity index (χ1v) is 7.68. The average Bonchev–Trinajstić information content (AvgIpc) is 2.70. The Balaban J connectivity index is 2.11. The molecule has 0 saturated heterocycles. The molecule has 0 aliphatic rings. The molecule has 0 aliphatic carbocycles. The van der Waals surface area contributed by atoms with E-state index in [0.29, 0.717) is 6.42 Å². The molecule has 0 fully saturated rings. The van der Waals surface area contributed by atoms with Crippen molar-refractivity contribution in [2.24, 2.45) is 0 Å². The maximum Gasteiger partial charge on any atom is 0.163 e. The molecule has 0 atom stereocenters. The molecule has 1 aromatic heterocycles. The zero-order valence-corrected chi connectivity index (χ0v) is 12.2. The highest BCUT2D eigenvalue weighted by molar-refractivity contribution is 9.11. The largest absolute Gasteiger partial charge is 0.294 e. The molecule has 0 unspecified atom stereocenters. The van der Waals surface area contributed by atoms with E-state index in [1.165, 1.54) is 32.1 Å². The van der Waals surface area contributed by atoms with E-state index in [0.717, 1.165) is 15.8 Å². The molecule has 90 valence electrons. The van der Waals surface area contributed by atoms with Crippen LogP contribution in [0.3, 0.4) is 0 Å². The van der Waals surface area contributed by atoms with Crippen LogP contribution in [0, 0.1) is 0 Å². The maximum atomic E-state index is 11.7. The van der Waals surface area contributed by atoms with Gasteiger partial charge in [-0.2, -0.15) is 0 Å². The predicted octanol–water partition coefficient (Wildman–Crippen LogP) is 5.44. The lowest BCUT2D eigenvalue weighted by Gasteiger charge is -1.99. The minimum absolute atomic E-state index is 0.289. The van der Waals surface area contributed by atoms with Crippen LogP contribution in [0.15, 0.2) is 15.2 Å². The van der Waals surface area contributed by atoms with Crippen molar-refractivity contribution in [2.75, 3.05) is 0 Å². The fraction of sp³-hybridized carbons (Fsp3) is 0.615. The molecular formula is C13H19BrOS. The topological polar surface area (TPSA) is 17.1 Å². The third-order valence-electron chi connectivity index (χ3n) is 2.65. The van der Waals surface area contributed by atoms with E-state index in [1.807, 2.05) is 11.4 Å². The summed E-state index contributed by atoms with van der Waals surface area (Å²) in [7, 11) is 0. The summed E-state index contributed by atoms with van der Waals surface area (Å²) in [5.41, 5.74) is 0.866. The van der Waals surface area contributed by atoms with Crippen LogP contribution in [-0.4, -0.2) is 5.78 Å². The third-order valence-corrected chi connectivity index (χ3v) is 4.15. The fourth-order valence-corrected chi connectivity index (χ4v) is 2.83. The summed E-state index contributed by atoms with van der Waals surface area (Å²) < 4.78 is 1.04. The van der Waals surface area contributed by atoms with Gasteiger partial charge in [-0.1, -0.05) is 39.0 Å². The van der Waals surface area contributed by atoms with Gasteiger partial charge in [0, 0.05) is 17.4 Å². The second-order valence-electron chi connectivity index (χ2n) is 4.08. The highest BCUT2D eigenvalue weighted by atomic mass is 79.9.